The van der Waals surface area contributed by atoms with Gasteiger partial charge < -0.3 is 4.74 Å². The number of carbonyl (C=O) groups excluding carboxylic acids is 2. The third-order valence-electron chi connectivity index (χ3n) is 3.63. The van der Waals surface area contributed by atoms with Gasteiger partial charge in [-0.2, -0.15) is 0 Å². The standard InChI is InChI=1S/C15H26O3S/c1-14(2,3)19-11-12(16)10-15(13(17)18-4)8-6-5-7-9-15/h5-11H2,1-4H3. The second-order valence-corrected chi connectivity index (χ2v) is 8.25. The van der Waals surface area contributed by atoms with Crippen LogP contribution in [0.15, 0.2) is 0 Å². The number of hydrogen-bond donors (Lipinski definition) is 0. The number of esters is 1. The minimum atomic E-state index is -0.539. The van der Waals surface area contributed by atoms with Gasteiger partial charge in [0, 0.05) is 11.2 Å². The van der Waals surface area contributed by atoms with E-state index in [1.165, 1.54) is 7.11 Å². The second-order valence-electron chi connectivity index (χ2n) is 6.45. The first-order valence-electron chi connectivity index (χ1n) is 7.03. The van der Waals surface area contributed by atoms with Gasteiger partial charge in [-0.3, -0.25) is 9.59 Å². The van der Waals surface area contributed by atoms with Crippen molar-refractivity contribution in [3.05, 3.63) is 0 Å². The van der Waals surface area contributed by atoms with Crippen molar-refractivity contribution in [2.75, 3.05) is 12.9 Å². The van der Waals surface area contributed by atoms with Crippen molar-refractivity contribution >= 4 is 23.5 Å². The Kier molecular flexibility index (Phi) is 5.90. The molecular formula is C15H26O3S. The van der Waals surface area contributed by atoms with E-state index in [-0.39, 0.29) is 16.5 Å². The Hall–Kier alpha value is -0.510. The molecule has 0 N–H and O–H groups in total. The molecule has 0 aromatic carbocycles. The summed E-state index contributed by atoms with van der Waals surface area (Å²) in [7, 11) is 1.42. The fourth-order valence-electron chi connectivity index (χ4n) is 2.62. The highest BCUT2D eigenvalue weighted by Gasteiger charge is 2.42. The number of Topliss-reactive ketones (excluding diaryl/α,β-unsaturated/α-hetero) is 1. The molecular weight excluding hydrogens is 260 g/mol. The number of hydrogen-bond acceptors (Lipinski definition) is 4. The summed E-state index contributed by atoms with van der Waals surface area (Å²) in [6, 6.07) is 0. The third kappa shape index (κ3) is 5.17. The Morgan fingerprint density at radius 2 is 1.74 bits per heavy atom. The van der Waals surface area contributed by atoms with E-state index in [4.69, 9.17) is 4.74 Å². The predicted molar refractivity (Wildman–Crippen MR) is 79.4 cm³/mol. The van der Waals surface area contributed by atoms with E-state index in [9.17, 15) is 9.59 Å². The molecule has 0 aromatic heterocycles. The summed E-state index contributed by atoms with van der Waals surface area (Å²) in [5.74, 6) is 0.468. The minimum Gasteiger partial charge on any atom is -0.469 e. The monoisotopic (exact) mass is 286 g/mol. The first-order chi connectivity index (χ1) is 8.79. The summed E-state index contributed by atoms with van der Waals surface area (Å²) in [5, 5.41) is 0. The van der Waals surface area contributed by atoms with E-state index in [1.807, 2.05) is 0 Å². The largest absolute Gasteiger partial charge is 0.469 e. The fraction of sp³-hybridized carbons (Fsp3) is 0.867. The van der Waals surface area contributed by atoms with Crippen LogP contribution in [-0.4, -0.2) is 29.4 Å². The number of methoxy groups -OCH3 is 1. The van der Waals surface area contributed by atoms with Gasteiger partial charge in [-0.1, -0.05) is 40.0 Å². The molecule has 3 nitrogen and oxygen atoms in total. The van der Waals surface area contributed by atoms with Crippen molar-refractivity contribution in [1.82, 2.24) is 0 Å². The summed E-state index contributed by atoms with van der Waals surface area (Å²) >= 11 is 1.65. The Balaban J connectivity index is 2.62. The lowest BCUT2D eigenvalue weighted by atomic mass is 9.71. The summed E-state index contributed by atoms with van der Waals surface area (Å²) < 4.78 is 5.03. The molecule has 0 atom stereocenters. The maximum Gasteiger partial charge on any atom is 0.312 e. The maximum absolute atomic E-state index is 12.2. The molecule has 0 heterocycles. The van der Waals surface area contributed by atoms with Crippen molar-refractivity contribution in [3.63, 3.8) is 0 Å². The van der Waals surface area contributed by atoms with Gasteiger partial charge in [0.2, 0.25) is 0 Å². The third-order valence-corrected chi connectivity index (χ3v) is 4.96. The highest BCUT2D eigenvalue weighted by molar-refractivity contribution is 8.01. The van der Waals surface area contributed by atoms with E-state index in [0.29, 0.717) is 12.2 Å². The average Bonchev–Trinajstić information content (AvgIpc) is 2.35. The Bertz CT molecular complexity index is 325. The van der Waals surface area contributed by atoms with Crippen molar-refractivity contribution in [2.24, 2.45) is 5.41 Å². The zero-order valence-corrected chi connectivity index (χ0v) is 13.4. The van der Waals surface area contributed by atoms with Crippen LogP contribution in [0.5, 0.6) is 0 Å². The molecule has 0 spiro atoms. The molecule has 0 bridgehead atoms. The summed E-state index contributed by atoms with van der Waals surface area (Å²) in [5.41, 5.74) is -0.539. The molecule has 1 aliphatic rings. The zero-order valence-electron chi connectivity index (χ0n) is 12.6. The van der Waals surface area contributed by atoms with Crippen molar-refractivity contribution in [2.45, 2.75) is 64.0 Å². The normalized spacial score (nSPS) is 18.9. The Morgan fingerprint density at radius 1 is 1.16 bits per heavy atom. The first kappa shape index (κ1) is 16.5. The van der Waals surface area contributed by atoms with Crippen LogP contribution in [0.3, 0.4) is 0 Å². The van der Waals surface area contributed by atoms with Crippen LogP contribution in [0, 0.1) is 5.41 Å². The topological polar surface area (TPSA) is 43.4 Å². The quantitative estimate of drug-likeness (QED) is 0.724. The maximum atomic E-state index is 12.2. The lowest BCUT2D eigenvalue weighted by Crippen LogP contribution is -2.37. The molecule has 0 saturated heterocycles. The molecule has 110 valence electrons. The number of carbonyl (C=O) groups is 2. The Morgan fingerprint density at radius 3 is 2.21 bits per heavy atom. The van der Waals surface area contributed by atoms with E-state index in [2.05, 4.69) is 20.8 Å². The van der Waals surface area contributed by atoms with Gasteiger partial charge in [0.25, 0.3) is 0 Å². The highest BCUT2D eigenvalue weighted by atomic mass is 32.2. The van der Waals surface area contributed by atoms with Crippen LogP contribution in [-0.2, 0) is 14.3 Å². The van der Waals surface area contributed by atoms with Gasteiger partial charge in [0.15, 0.2) is 0 Å². The van der Waals surface area contributed by atoms with Gasteiger partial charge in [0.1, 0.15) is 5.78 Å². The minimum absolute atomic E-state index is 0.0840. The van der Waals surface area contributed by atoms with Crippen LogP contribution in [0.25, 0.3) is 0 Å². The molecule has 0 radical (unpaired) electrons. The highest BCUT2D eigenvalue weighted by Crippen LogP contribution is 2.41. The second kappa shape index (κ2) is 6.78. The average molecular weight is 286 g/mol. The number of ketones is 1. The molecule has 0 amide bonds. The van der Waals surface area contributed by atoms with E-state index < -0.39 is 5.41 Å². The van der Waals surface area contributed by atoms with Crippen LogP contribution < -0.4 is 0 Å². The van der Waals surface area contributed by atoms with Gasteiger partial charge in [-0.25, -0.2) is 0 Å². The Labute approximate surface area is 120 Å². The molecule has 0 aromatic rings. The predicted octanol–water partition coefficient (Wildman–Crippen LogP) is 3.60. The van der Waals surface area contributed by atoms with Crippen LogP contribution in [0.1, 0.15) is 59.3 Å². The van der Waals surface area contributed by atoms with E-state index >= 15 is 0 Å². The van der Waals surface area contributed by atoms with Gasteiger partial charge >= 0.3 is 5.97 Å². The number of thioether (sulfide) groups is 1. The van der Waals surface area contributed by atoms with Crippen molar-refractivity contribution in [3.8, 4) is 0 Å². The lowest BCUT2D eigenvalue weighted by Gasteiger charge is -2.34. The summed E-state index contributed by atoms with van der Waals surface area (Å²) in [4.78, 5) is 24.2. The molecule has 19 heavy (non-hydrogen) atoms. The zero-order chi connectivity index (χ0) is 14.5. The fourth-order valence-corrected chi connectivity index (χ4v) is 3.32. The molecule has 4 heteroatoms. The van der Waals surface area contributed by atoms with Gasteiger partial charge in [-0.15, -0.1) is 11.8 Å². The number of rotatable bonds is 5. The van der Waals surface area contributed by atoms with Crippen molar-refractivity contribution in [1.29, 1.82) is 0 Å². The molecule has 0 aliphatic heterocycles. The number of ether oxygens (including phenoxy) is 1. The molecule has 1 rings (SSSR count). The first-order valence-corrected chi connectivity index (χ1v) is 8.02. The summed E-state index contributed by atoms with van der Waals surface area (Å²) in [6.45, 7) is 6.30. The van der Waals surface area contributed by atoms with Crippen molar-refractivity contribution < 1.29 is 14.3 Å². The molecule has 0 unspecified atom stereocenters. The summed E-state index contributed by atoms with van der Waals surface area (Å²) in [6.07, 6.45) is 5.15. The molecule has 1 aliphatic carbocycles. The van der Waals surface area contributed by atoms with Crippen LogP contribution in [0.2, 0.25) is 0 Å². The lowest BCUT2D eigenvalue weighted by molar-refractivity contribution is -0.157. The van der Waals surface area contributed by atoms with E-state index in [1.54, 1.807) is 11.8 Å². The SMILES string of the molecule is COC(=O)C1(CC(=O)CSC(C)(C)C)CCCCC1. The van der Waals surface area contributed by atoms with Crippen LogP contribution in [0.4, 0.5) is 0 Å². The molecule has 1 fully saturated rings. The smallest absolute Gasteiger partial charge is 0.312 e. The van der Waals surface area contributed by atoms with Gasteiger partial charge in [-0.05, 0) is 12.8 Å². The molecule has 1 saturated carbocycles. The van der Waals surface area contributed by atoms with Gasteiger partial charge in [0.05, 0.1) is 18.3 Å². The van der Waals surface area contributed by atoms with Crippen LogP contribution >= 0.6 is 11.8 Å². The van der Waals surface area contributed by atoms with E-state index in [0.717, 1.165) is 32.1 Å².